The zero-order valence-corrected chi connectivity index (χ0v) is 14.6. The van der Waals surface area contributed by atoms with Crippen LogP contribution in [0.5, 0.6) is 0 Å². The van der Waals surface area contributed by atoms with E-state index < -0.39 is 30.3 Å². The molecule has 0 radical (unpaired) electrons. The normalized spacial score (nSPS) is 17.0. The van der Waals surface area contributed by atoms with E-state index in [-0.39, 0.29) is 25.0 Å². The third-order valence-corrected chi connectivity index (χ3v) is 4.27. The molecule has 0 saturated carbocycles. The summed E-state index contributed by atoms with van der Waals surface area (Å²) in [6.45, 7) is 0.683. The van der Waals surface area contributed by atoms with Gasteiger partial charge in [0.15, 0.2) is 5.82 Å². The number of benzene rings is 1. The Morgan fingerprint density at radius 3 is 2.82 bits per heavy atom. The topological polar surface area (TPSA) is 109 Å². The number of rotatable bonds is 5. The van der Waals surface area contributed by atoms with Gasteiger partial charge in [0, 0.05) is 25.2 Å². The molecule has 1 aliphatic rings. The van der Waals surface area contributed by atoms with Crippen molar-refractivity contribution >= 4 is 12.0 Å². The predicted octanol–water partition coefficient (Wildman–Crippen LogP) is 2.46. The number of carboxylic acid groups (broad SMARTS) is 1. The van der Waals surface area contributed by atoms with Crippen molar-refractivity contribution in [3.8, 4) is 11.5 Å². The molecule has 0 bridgehead atoms. The summed E-state index contributed by atoms with van der Waals surface area (Å²) in [6.07, 6.45) is -5.29. The average Bonchev–Trinajstić information content (AvgIpc) is 3.28. The third kappa shape index (κ3) is 4.99. The van der Waals surface area contributed by atoms with Gasteiger partial charge in [0.1, 0.15) is 6.42 Å². The van der Waals surface area contributed by atoms with Crippen molar-refractivity contribution in [2.45, 2.75) is 25.6 Å². The van der Waals surface area contributed by atoms with Crippen molar-refractivity contribution in [3.05, 3.63) is 35.7 Å². The molecule has 8 nitrogen and oxygen atoms in total. The number of hydrogen-bond donors (Lipinski definition) is 2. The van der Waals surface area contributed by atoms with Crippen LogP contribution in [0.25, 0.3) is 11.5 Å². The van der Waals surface area contributed by atoms with Crippen LogP contribution in [0.2, 0.25) is 0 Å². The Kier molecular flexibility index (Phi) is 5.52. The van der Waals surface area contributed by atoms with E-state index in [4.69, 9.17) is 9.63 Å². The second-order valence-corrected chi connectivity index (χ2v) is 6.44. The summed E-state index contributed by atoms with van der Waals surface area (Å²) in [6, 6.07) is 6.23. The summed E-state index contributed by atoms with van der Waals surface area (Å²) in [4.78, 5) is 28.3. The number of alkyl halides is 3. The number of aromatic nitrogens is 2. The fourth-order valence-corrected chi connectivity index (χ4v) is 2.87. The lowest BCUT2D eigenvalue weighted by molar-refractivity contribution is -0.141. The van der Waals surface area contributed by atoms with Crippen LogP contribution in [0.4, 0.5) is 18.0 Å². The van der Waals surface area contributed by atoms with Gasteiger partial charge in [0.05, 0.1) is 5.92 Å². The van der Waals surface area contributed by atoms with Crippen molar-refractivity contribution in [1.29, 1.82) is 0 Å². The molecular weight excluding hydrogens is 381 g/mol. The van der Waals surface area contributed by atoms with Gasteiger partial charge in [-0.15, -0.1) is 0 Å². The number of nitrogens with zero attached hydrogens (tertiary/aromatic N) is 3. The van der Waals surface area contributed by atoms with Gasteiger partial charge >= 0.3 is 18.2 Å². The number of urea groups is 1. The SMILES string of the molecule is O=C(O)C1CCN(C(=O)NCc2cccc(-c3nc(CC(F)(F)F)no3)c2)C1. The summed E-state index contributed by atoms with van der Waals surface area (Å²) in [5.41, 5.74) is 1.11. The van der Waals surface area contributed by atoms with Gasteiger partial charge < -0.3 is 19.8 Å². The standard InChI is InChI=1S/C17H17F3N4O4/c18-17(19,20)7-13-22-14(28-23-13)11-3-1-2-10(6-11)8-21-16(27)24-5-4-12(9-24)15(25)26/h1-3,6,12H,4-5,7-9H2,(H,21,27)(H,25,26). The number of carboxylic acids is 1. The molecule has 1 saturated heterocycles. The highest BCUT2D eigenvalue weighted by Crippen LogP contribution is 2.23. The Morgan fingerprint density at radius 1 is 1.36 bits per heavy atom. The van der Waals surface area contributed by atoms with Crippen molar-refractivity contribution in [2.24, 2.45) is 5.92 Å². The highest BCUT2D eigenvalue weighted by atomic mass is 19.4. The van der Waals surface area contributed by atoms with Gasteiger partial charge in [-0.2, -0.15) is 18.2 Å². The Hall–Kier alpha value is -3.11. The number of amides is 2. The Bertz CT molecular complexity index is 868. The van der Waals surface area contributed by atoms with Gasteiger partial charge in [-0.05, 0) is 24.1 Å². The lowest BCUT2D eigenvalue weighted by Crippen LogP contribution is -2.38. The lowest BCUT2D eigenvalue weighted by atomic mass is 10.1. The number of nitrogens with one attached hydrogen (secondary N) is 1. The van der Waals surface area contributed by atoms with Crippen LogP contribution in [0.15, 0.2) is 28.8 Å². The number of likely N-dealkylation sites (tertiary alicyclic amines) is 1. The van der Waals surface area contributed by atoms with E-state index in [0.717, 1.165) is 0 Å². The Morgan fingerprint density at radius 2 is 2.14 bits per heavy atom. The Labute approximate surface area is 157 Å². The van der Waals surface area contributed by atoms with Crippen molar-refractivity contribution in [1.82, 2.24) is 20.4 Å². The molecule has 1 unspecified atom stereocenters. The average molecular weight is 398 g/mol. The fourth-order valence-electron chi connectivity index (χ4n) is 2.87. The lowest BCUT2D eigenvalue weighted by Gasteiger charge is -2.16. The van der Waals surface area contributed by atoms with Crippen LogP contribution >= 0.6 is 0 Å². The van der Waals surface area contributed by atoms with Gasteiger partial charge in [0.25, 0.3) is 5.89 Å². The molecule has 2 amide bonds. The molecule has 3 rings (SSSR count). The first-order valence-electron chi connectivity index (χ1n) is 8.45. The van der Waals surface area contributed by atoms with Crippen LogP contribution < -0.4 is 5.32 Å². The number of halogens is 3. The minimum Gasteiger partial charge on any atom is -0.481 e. The van der Waals surface area contributed by atoms with Crippen LogP contribution in [0.3, 0.4) is 0 Å². The second-order valence-electron chi connectivity index (χ2n) is 6.44. The minimum atomic E-state index is -4.43. The molecule has 2 aromatic rings. The van der Waals surface area contributed by atoms with E-state index in [1.165, 1.54) is 4.90 Å². The molecule has 1 aromatic carbocycles. The van der Waals surface area contributed by atoms with Crippen LogP contribution in [0.1, 0.15) is 17.8 Å². The fraction of sp³-hybridized carbons (Fsp3) is 0.412. The van der Waals surface area contributed by atoms with Crippen LogP contribution in [-0.2, 0) is 17.8 Å². The quantitative estimate of drug-likeness (QED) is 0.801. The monoisotopic (exact) mass is 398 g/mol. The van der Waals surface area contributed by atoms with Crippen molar-refractivity contribution in [2.75, 3.05) is 13.1 Å². The highest BCUT2D eigenvalue weighted by Gasteiger charge is 2.31. The molecule has 1 atom stereocenters. The largest absolute Gasteiger partial charge is 0.481 e. The molecule has 1 aromatic heterocycles. The van der Waals surface area contributed by atoms with E-state index >= 15 is 0 Å². The molecule has 1 aliphatic heterocycles. The van der Waals surface area contributed by atoms with Crippen LogP contribution in [0, 0.1) is 5.92 Å². The van der Waals surface area contributed by atoms with E-state index in [9.17, 15) is 22.8 Å². The summed E-state index contributed by atoms with van der Waals surface area (Å²) in [7, 11) is 0. The predicted molar refractivity (Wildman–Crippen MR) is 89.0 cm³/mol. The zero-order chi connectivity index (χ0) is 20.3. The van der Waals surface area contributed by atoms with Gasteiger partial charge in [-0.25, -0.2) is 4.79 Å². The summed E-state index contributed by atoms with van der Waals surface area (Å²) in [5.74, 6) is -1.98. The smallest absolute Gasteiger partial charge is 0.396 e. The van der Waals surface area contributed by atoms with Gasteiger partial charge in [-0.3, -0.25) is 4.79 Å². The first-order chi connectivity index (χ1) is 13.2. The number of hydrogen-bond acceptors (Lipinski definition) is 5. The summed E-state index contributed by atoms with van der Waals surface area (Å²) in [5, 5.41) is 15.0. The number of carbonyl (C=O) groups excluding carboxylic acids is 1. The molecule has 2 heterocycles. The van der Waals surface area contributed by atoms with E-state index in [1.54, 1.807) is 24.3 Å². The number of aliphatic carboxylic acids is 1. The first-order valence-corrected chi connectivity index (χ1v) is 8.45. The molecule has 150 valence electrons. The molecule has 0 spiro atoms. The third-order valence-electron chi connectivity index (χ3n) is 4.27. The number of carbonyl (C=O) groups is 2. The summed E-state index contributed by atoms with van der Waals surface area (Å²) >= 11 is 0. The molecule has 0 aliphatic carbocycles. The molecule has 2 N–H and O–H groups in total. The summed E-state index contributed by atoms with van der Waals surface area (Å²) < 4.78 is 42.1. The molecule has 28 heavy (non-hydrogen) atoms. The maximum absolute atomic E-state index is 12.4. The van der Waals surface area contributed by atoms with Crippen molar-refractivity contribution < 1.29 is 32.4 Å². The maximum atomic E-state index is 12.4. The minimum absolute atomic E-state index is 0.0451. The van der Waals surface area contributed by atoms with Crippen LogP contribution in [-0.4, -0.2) is 51.4 Å². The highest BCUT2D eigenvalue weighted by molar-refractivity contribution is 5.77. The Balaban J connectivity index is 1.59. The van der Waals surface area contributed by atoms with E-state index in [1.807, 2.05) is 0 Å². The van der Waals surface area contributed by atoms with E-state index in [2.05, 4.69) is 15.5 Å². The molecular formula is C17H17F3N4O4. The molecule has 11 heteroatoms. The molecule has 1 fully saturated rings. The maximum Gasteiger partial charge on any atom is 0.396 e. The zero-order valence-electron chi connectivity index (χ0n) is 14.6. The van der Waals surface area contributed by atoms with E-state index in [0.29, 0.717) is 24.1 Å². The first kappa shape index (κ1) is 19.6. The van der Waals surface area contributed by atoms with Gasteiger partial charge in [0.2, 0.25) is 0 Å². The van der Waals surface area contributed by atoms with Gasteiger partial charge in [-0.1, -0.05) is 17.3 Å². The van der Waals surface area contributed by atoms with Crippen molar-refractivity contribution in [3.63, 3.8) is 0 Å². The second kappa shape index (κ2) is 7.87.